The van der Waals surface area contributed by atoms with Crippen molar-refractivity contribution < 1.29 is 35.9 Å². The summed E-state index contributed by atoms with van der Waals surface area (Å²) in [6, 6.07) is 38.1. The highest BCUT2D eigenvalue weighted by Gasteiger charge is 2.32. The van der Waals surface area contributed by atoms with Gasteiger partial charge in [0.15, 0.2) is 0 Å². The van der Waals surface area contributed by atoms with Crippen LogP contribution in [0.25, 0.3) is 33.7 Å². The largest absolute Gasteiger partial charge is 0.416 e. The van der Waals surface area contributed by atoms with Crippen molar-refractivity contribution >= 4 is 80.2 Å². The zero-order valence-corrected chi connectivity index (χ0v) is 49.2. The van der Waals surface area contributed by atoms with Gasteiger partial charge in [0.05, 0.1) is 33.2 Å². The lowest BCUT2D eigenvalue weighted by molar-refractivity contribution is -0.138. The number of carbonyl (C=O) groups excluding carboxylic acids is 2. The van der Waals surface area contributed by atoms with Crippen LogP contribution in [0.1, 0.15) is 70.7 Å². The van der Waals surface area contributed by atoms with E-state index in [1.165, 1.54) is 36.9 Å². The molecule has 0 aliphatic carbocycles. The fraction of sp³-hybridized carbons (Fsp3) is 0.250. The molecule has 0 radical (unpaired) electrons. The van der Waals surface area contributed by atoms with E-state index in [1.807, 2.05) is 83.6 Å². The molecule has 0 spiro atoms. The van der Waals surface area contributed by atoms with Crippen LogP contribution in [0.5, 0.6) is 0 Å². The Balaban J connectivity index is 0.000000209. The first-order chi connectivity index (χ1) is 42.3. The number of aryl methyl sites for hydroxylation is 2. The van der Waals surface area contributed by atoms with Gasteiger partial charge in [-0.2, -0.15) is 26.3 Å². The minimum absolute atomic E-state index is 0.0954. The number of benzene rings is 6. The van der Waals surface area contributed by atoms with E-state index in [1.54, 1.807) is 36.4 Å². The minimum Gasteiger partial charge on any atom is -0.369 e. The number of para-hydroxylation sites is 4. The van der Waals surface area contributed by atoms with E-state index in [-0.39, 0.29) is 11.1 Å². The summed E-state index contributed by atoms with van der Waals surface area (Å²) in [5.74, 6) is 2.25. The molecule has 0 saturated carbocycles. The van der Waals surface area contributed by atoms with Gasteiger partial charge in [-0.25, -0.2) is 29.9 Å². The highest BCUT2D eigenvalue weighted by atomic mass is 19.4. The van der Waals surface area contributed by atoms with E-state index in [0.29, 0.717) is 57.9 Å². The fourth-order valence-electron chi connectivity index (χ4n) is 9.57. The molecule has 6 aromatic carbocycles. The number of aromatic nitrogens is 8. The Morgan fingerprint density at radius 2 is 0.875 bits per heavy atom. The highest BCUT2D eigenvalue weighted by Crippen LogP contribution is 2.34. The lowest BCUT2D eigenvalue weighted by Gasteiger charge is -2.18. The third-order valence-corrected chi connectivity index (χ3v) is 14.5. The summed E-state index contributed by atoms with van der Waals surface area (Å²) < 4.78 is 82.8. The number of hydrogen-bond acceptors (Lipinski definition) is 14. The van der Waals surface area contributed by atoms with Gasteiger partial charge in [-0.15, -0.1) is 0 Å². The zero-order valence-electron chi connectivity index (χ0n) is 49.2. The van der Waals surface area contributed by atoms with Crippen LogP contribution >= 0.6 is 0 Å². The molecule has 0 aliphatic heterocycles. The molecule has 24 heteroatoms. The molecule has 0 saturated heterocycles. The second-order valence-corrected chi connectivity index (χ2v) is 20.3. The van der Waals surface area contributed by atoms with Gasteiger partial charge in [0.25, 0.3) is 11.8 Å². The van der Waals surface area contributed by atoms with E-state index in [2.05, 4.69) is 89.3 Å². The summed E-state index contributed by atoms with van der Waals surface area (Å²) in [5.41, 5.74) is 5.02. The second kappa shape index (κ2) is 28.1. The number of halogens is 6. The Morgan fingerprint density at radius 1 is 0.477 bits per heavy atom. The van der Waals surface area contributed by atoms with Crippen molar-refractivity contribution in [2.24, 2.45) is 0 Å². The van der Waals surface area contributed by atoms with Crippen molar-refractivity contribution in [2.75, 3.05) is 84.3 Å². The maximum atomic E-state index is 13.2. The van der Waals surface area contributed by atoms with Crippen molar-refractivity contribution in [3.05, 3.63) is 192 Å². The van der Waals surface area contributed by atoms with Crippen LogP contribution < -0.4 is 31.9 Å². The van der Waals surface area contributed by atoms with Crippen molar-refractivity contribution in [3.8, 4) is 11.6 Å². The van der Waals surface area contributed by atoms with Gasteiger partial charge in [-0.1, -0.05) is 76.2 Å². The first-order valence-corrected chi connectivity index (χ1v) is 28.6. The van der Waals surface area contributed by atoms with E-state index < -0.39 is 35.3 Å². The monoisotopic (exact) mass is 1200 g/mol. The Hall–Kier alpha value is -9.94. The molecule has 0 aliphatic rings. The number of nitrogens with one attached hydrogen (secondary N) is 6. The fourth-order valence-corrected chi connectivity index (χ4v) is 9.57. The quantitative estimate of drug-likeness (QED) is 0.0350. The van der Waals surface area contributed by atoms with Crippen molar-refractivity contribution in [3.63, 3.8) is 0 Å². The van der Waals surface area contributed by atoms with E-state index in [0.717, 1.165) is 110 Å². The van der Waals surface area contributed by atoms with Crippen LogP contribution in [0.4, 0.5) is 72.6 Å². The lowest BCUT2D eigenvalue weighted by Crippen LogP contribution is -2.28. The van der Waals surface area contributed by atoms with Crippen LogP contribution in [0.2, 0.25) is 0 Å². The Labute approximate surface area is 504 Å². The predicted molar refractivity (Wildman–Crippen MR) is 334 cm³/mol. The molecule has 4 aromatic heterocycles. The number of alkyl halides is 6. The summed E-state index contributed by atoms with van der Waals surface area (Å²) in [5, 5.41) is 18.9. The second-order valence-electron chi connectivity index (χ2n) is 20.3. The number of anilines is 8. The molecule has 0 fully saturated rings. The molecule has 18 nitrogen and oxygen atoms in total. The first-order valence-electron chi connectivity index (χ1n) is 28.6. The number of imidazole rings is 2. The highest BCUT2D eigenvalue weighted by molar-refractivity contribution is 6.05. The number of nitrogens with zero attached hydrogens (tertiary/aromatic N) is 10. The van der Waals surface area contributed by atoms with Gasteiger partial charge < -0.3 is 41.7 Å². The molecule has 0 bridgehead atoms. The SMILES string of the molecule is CCN(CC)CCNc1cc(-n2c(Nc3cc(NC(=O)c4cccc(C(F)(F)F)c4)ccc3C)nc3ccccc32)ncn1.CCN(CC)CCNc1cc(-n2c(Nc3cc(NC(=O)c4cccc(C(F)(F)F)c4)ccc3C)nc3ccccc32)ncn1. The van der Waals surface area contributed by atoms with Crippen LogP contribution in [0.15, 0.2) is 158 Å². The Morgan fingerprint density at radius 3 is 1.26 bits per heavy atom. The maximum Gasteiger partial charge on any atom is 0.416 e. The summed E-state index contributed by atoms with van der Waals surface area (Å²) in [7, 11) is 0. The predicted octanol–water partition coefficient (Wildman–Crippen LogP) is 13.8. The van der Waals surface area contributed by atoms with Crippen molar-refractivity contribution in [1.29, 1.82) is 0 Å². The van der Waals surface area contributed by atoms with E-state index in [4.69, 9.17) is 9.97 Å². The van der Waals surface area contributed by atoms with Crippen molar-refractivity contribution in [2.45, 2.75) is 53.9 Å². The summed E-state index contributed by atoms with van der Waals surface area (Å²) >= 11 is 0. The third kappa shape index (κ3) is 15.5. The number of hydrogen-bond donors (Lipinski definition) is 6. The van der Waals surface area contributed by atoms with Gasteiger partial charge >= 0.3 is 12.4 Å². The number of rotatable bonds is 22. The standard InChI is InChI=1S/2C32H33F3N8O/c2*1-4-42(5-2)16-15-36-28-19-29(38-20-37-28)43-27-12-7-6-11-25(27)40-31(43)41-26-18-24(14-13-21(26)3)39-30(44)22-9-8-10-23(17-22)32(33,34)35/h2*6-14,17-20H,4-5,15-16H2,1-3H3,(H,39,44)(H,40,41)(H,36,37,38). The number of fused-ring (bicyclic) bond motifs is 2. The average Bonchev–Trinajstić information content (AvgIpc) is 2.70. The summed E-state index contributed by atoms with van der Waals surface area (Å²) in [6.45, 7) is 19.4. The smallest absolute Gasteiger partial charge is 0.369 e. The van der Waals surface area contributed by atoms with Crippen LogP contribution in [0, 0.1) is 13.8 Å². The number of carbonyl (C=O) groups is 2. The van der Waals surface area contributed by atoms with Gasteiger partial charge in [-0.3, -0.25) is 18.7 Å². The molecule has 0 unspecified atom stereocenters. The molecule has 10 aromatic rings. The maximum absolute atomic E-state index is 13.2. The van der Waals surface area contributed by atoms with E-state index in [9.17, 15) is 35.9 Å². The summed E-state index contributed by atoms with van der Waals surface area (Å²) in [6.07, 6.45) is -6.09. The Bertz CT molecular complexity index is 3790. The van der Waals surface area contributed by atoms with Gasteiger partial charge in [-0.05, 0) is 136 Å². The molecule has 6 N–H and O–H groups in total. The molecule has 456 valence electrons. The van der Waals surface area contributed by atoms with Crippen molar-refractivity contribution in [1.82, 2.24) is 48.8 Å². The minimum atomic E-state index is -4.55. The normalized spacial score (nSPS) is 11.6. The van der Waals surface area contributed by atoms with Gasteiger partial charge in [0, 0.05) is 72.2 Å². The molecule has 10 rings (SSSR count). The van der Waals surface area contributed by atoms with Crippen LogP contribution in [-0.4, -0.2) is 113 Å². The first kappa shape index (κ1) is 62.6. The topological polar surface area (TPSA) is 200 Å². The Kier molecular flexibility index (Phi) is 20.0. The molecule has 4 heterocycles. The molecule has 88 heavy (non-hydrogen) atoms. The number of likely N-dealkylation sites (N-methyl/N-ethyl adjacent to an activating group) is 2. The number of amides is 2. The van der Waals surface area contributed by atoms with E-state index >= 15 is 0 Å². The van der Waals surface area contributed by atoms with Crippen LogP contribution in [0.3, 0.4) is 0 Å². The summed E-state index contributed by atoms with van der Waals surface area (Å²) in [4.78, 5) is 57.8. The zero-order chi connectivity index (χ0) is 62.5. The lowest BCUT2D eigenvalue weighted by atomic mass is 10.1. The average molecular weight is 1210 g/mol. The third-order valence-electron chi connectivity index (χ3n) is 14.5. The molecular weight excluding hydrogens is 1140 g/mol. The van der Waals surface area contributed by atoms with Gasteiger partial charge in [0.2, 0.25) is 11.9 Å². The van der Waals surface area contributed by atoms with Gasteiger partial charge in [0.1, 0.15) is 35.9 Å². The van der Waals surface area contributed by atoms with Crippen LogP contribution in [-0.2, 0) is 12.4 Å². The molecule has 0 atom stereocenters. The molecular formula is C64H66F6N16O2. The molecule has 2 amide bonds.